The number of piperidine rings is 1. The zero-order chi connectivity index (χ0) is 19.8. The van der Waals surface area contributed by atoms with Gasteiger partial charge in [-0.05, 0) is 25.7 Å². The average molecular weight is 416 g/mol. The van der Waals surface area contributed by atoms with E-state index < -0.39 is 0 Å². The van der Waals surface area contributed by atoms with Crippen LogP contribution in [-0.2, 0) is 4.74 Å². The van der Waals surface area contributed by atoms with Crippen LogP contribution in [0.4, 0.5) is 5.69 Å². The Kier molecular flexibility index (Phi) is 5.09. The molecule has 0 aromatic carbocycles. The van der Waals surface area contributed by atoms with E-state index in [1.165, 1.54) is 11.3 Å². The van der Waals surface area contributed by atoms with Crippen molar-refractivity contribution in [1.29, 1.82) is 0 Å². The highest BCUT2D eigenvalue weighted by Crippen LogP contribution is 2.42. The molecule has 0 unspecified atom stereocenters. The molecule has 4 heterocycles. The van der Waals surface area contributed by atoms with E-state index in [2.05, 4.69) is 15.0 Å². The lowest BCUT2D eigenvalue weighted by Crippen LogP contribution is -2.44. The van der Waals surface area contributed by atoms with Crippen molar-refractivity contribution in [3.05, 3.63) is 38.7 Å². The van der Waals surface area contributed by atoms with Gasteiger partial charge in [0.25, 0.3) is 11.5 Å². The lowest BCUT2D eigenvalue weighted by molar-refractivity contribution is 0.0673. The van der Waals surface area contributed by atoms with E-state index in [4.69, 9.17) is 4.74 Å². The molecule has 154 valence electrons. The van der Waals surface area contributed by atoms with Crippen molar-refractivity contribution < 1.29 is 9.53 Å². The van der Waals surface area contributed by atoms with Crippen LogP contribution in [0.15, 0.2) is 22.6 Å². The summed E-state index contributed by atoms with van der Waals surface area (Å²) < 4.78 is 6.93. The summed E-state index contributed by atoms with van der Waals surface area (Å²) in [5.74, 6) is 0.509. The second-order valence-electron chi connectivity index (χ2n) is 7.98. The highest BCUT2D eigenvalue weighted by Gasteiger charge is 2.34. The Morgan fingerprint density at radius 2 is 2.00 bits per heavy atom. The number of likely N-dealkylation sites (tertiary alicyclic amines) is 1. The van der Waals surface area contributed by atoms with Crippen LogP contribution in [0.25, 0.3) is 0 Å². The van der Waals surface area contributed by atoms with Crippen molar-refractivity contribution in [2.45, 2.75) is 37.6 Å². The third-order valence-electron chi connectivity index (χ3n) is 5.97. The molecule has 2 aliphatic heterocycles. The normalized spacial score (nSPS) is 22.7. The lowest BCUT2D eigenvalue weighted by Gasteiger charge is -2.33. The van der Waals surface area contributed by atoms with Gasteiger partial charge in [0.05, 0.1) is 42.3 Å². The first kappa shape index (κ1) is 18.7. The number of nitrogens with zero attached hydrogens (tertiary/aromatic N) is 5. The number of rotatable bonds is 4. The van der Waals surface area contributed by atoms with Crippen molar-refractivity contribution in [3.8, 4) is 0 Å². The molecule has 2 aromatic rings. The zero-order valence-electron chi connectivity index (χ0n) is 16.3. The molecule has 2 aromatic heterocycles. The number of amides is 1. The quantitative estimate of drug-likeness (QED) is 0.759. The molecule has 3 fully saturated rings. The molecular formula is C20H25N5O3S. The van der Waals surface area contributed by atoms with Crippen LogP contribution in [0.5, 0.6) is 0 Å². The third-order valence-corrected chi connectivity index (χ3v) is 6.80. The van der Waals surface area contributed by atoms with Crippen LogP contribution >= 0.6 is 11.3 Å². The summed E-state index contributed by atoms with van der Waals surface area (Å²) in [6.07, 6.45) is 5.74. The van der Waals surface area contributed by atoms with Crippen molar-refractivity contribution in [2.75, 3.05) is 44.3 Å². The number of thiazole rings is 1. The number of ether oxygens (including phenoxy) is 1. The molecule has 2 saturated heterocycles. The van der Waals surface area contributed by atoms with E-state index >= 15 is 0 Å². The van der Waals surface area contributed by atoms with Gasteiger partial charge >= 0.3 is 0 Å². The van der Waals surface area contributed by atoms with Gasteiger partial charge in [0.1, 0.15) is 4.88 Å². The monoisotopic (exact) mass is 415 g/mol. The van der Waals surface area contributed by atoms with E-state index in [1.807, 2.05) is 4.90 Å². The molecule has 0 bridgehead atoms. The van der Waals surface area contributed by atoms with Gasteiger partial charge in [-0.3, -0.25) is 9.59 Å². The van der Waals surface area contributed by atoms with E-state index in [9.17, 15) is 9.59 Å². The van der Waals surface area contributed by atoms with Crippen LogP contribution in [-0.4, -0.2) is 65.0 Å². The smallest absolute Gasteiger partial charge is 0.269 e. The molecule has 8 nitrogen and oxygen atoms in total. The number of aromatic nitrogens is 3. The molecule has 1 aliphatic carbocycles. The minimum atomic E-state index is -0.107. The summed E-state index contributed by atoms with van der Waals surface area (Å²) in [6.45, 7) is 4.12. The van der Waals surface area contributed by atoms with E-state index in [0.717, 1.165) is 61.6 Å². The van der Waals surface area contributed by atoms with Crippen LogP contribution in [0.1, 0.15) is 53.0 Å². The number of carbonyl (C=O) groups is 1. The first-order valence-electron chi connectivity index (χ1n) is 10.3. The Morgan fingerprint density at radius 1 is 1.17 bits per heavy atom. The Bertz CT molecular complexity index is 948. The van der Waals surface area contributed by atoms with Gasteiger partial charge in [0.2, 0.25) is 0 Å². The number of hydrogen-bond donors (Lipinski definition) is 0. The summed E-state index contributed by atoms with van der Waals surface area (Å²) in [6, 6.07) is 1.57. The summed E-state index contributed by atoms with van der Waals surface area (Å²) in [5, 5.41) is 4.46. The Balaban J connectivity index is 1.32. The Labute approximate surface area is 173 Å². The fourth-order valence-electron chi connectivity index (χ4n) is 4.22. The molecule has 0 spiro atoms. The van der Waals surface area contributed by atoms with Gasteiger partial charge in [0, 0.05) is 38.2 Å². The number of morpholine rings is 1. The maximum Gasteiger partial charge on any atom is 0.269 e. The molecule has 0 N–H and O–H groups in total. The van der Waals surface area contributed by atoms with E-state index in [0.29, 0.717) is 25.7 Å². The third kappa shape index (κ3) is 3.81. The summed E-state index contributed by atoms with van der Waals surface area (Å²) in [4.78, 5) is 35.1. The predicted octanol–water partition coefficient (Wildman–Crippen LogP) is 1.89. The highest BCUT2D eigenvalue weighted by molar-refractivity contribution is 7.11. The van der Waals surface area contributed by atoms with Crippen LogP contribution in [0.3, 0.4) is 0 Å². The molecule has 5 rings (SSSR count). The van der Waals surface area contributed by atoms with Crippen LogP contribution in [0, 0.1) is 0 Å². The Hall–Kier alpha value is -2.26. The standard InChI is InChI=1S/C20H25N5O3S/c26-17-10-16(23-6-8-28-9-7-23)11-22-25(17)15-2-1-5-24(12-15)20(27)19-18(14-3-4-14)21-13-29-19/h10-11,13-15H,1-9,12H2/t15-/m0/s1. The predicted molar refractivity (Wildman–Crippen MR) is 110 cm³/mol. The van der Waals surface area contributed by atoms with Gasteiger partial charge in [-0.2, -0.15) is 5.10 Å². The topological polar surface area (TPSA) is 80.6 Å². The SMILES string of the molecule is O=C(c1scnc1C1CC1)N1CCC[C@H](n2ncc(N3CCOCC3)cc2=O)C1. The van der Waals surface area contributed by atoms with Gasteiger partial charge < -0.3 is 14.5 Å². The Morgan fingerprint density at radius 3 is 2.76 bits per heavy atom. The molecule has 1 atom stereocenters. The summed E-state index contributed by atoms with van der Waals surface area (Å²) in [5.41, 5.74) is 3.48. The second-order valence-corrected chi connectivity index (χ2v) is 8.84. The minimum Gasteiger partial charge on any atom is -0.378 e. The van der Waals surface area contributed by atoms with Crippen molar-refractivity contribution in [2.24, 2.45) is 0 Å². The first-order valence-corrected chi connectivity index (χ1v) is 11.2. The fraction of sp³-hybridized carbons (Fsp3) is 0.600. The van der Waals surface area contributed by atoms with E-state index in [-0.39, 0.29) is 17.5 Å². The molecule has 29 heavy (non-hydrogen) atoms. The van der Waals surface area contributed by atoms with Crippen molar-refractivity contribution in [3.63, 3.8) is 0 Å². The van der Waals surface area contributed by atoms with Crippen LogP contribution in [0.2, 0.25) is 0 Å². The fourth-order valence-corrected chi connectivity index (χ4v) is 5.06. The zero-order valence-corrected chi connectivity index (χ0v) is 17.1. The van der Waals surface area contributed by atoms with Crippen molar-refractivity contribution in [1.82, 2.24) is 19.7 Å². The number of hydrogen-bond acceptors (Lipinski definition) is 7. The highest BCUT2D eigenvalue weighted by atomic mass is 32.1. The lowest BCUT2D eigenvalue weighted by atomic mass is 10.1. The minimum absolute atomic E-state index is 0.0529. The molecule has 0 radical (unpaired) electrons. The molecule has 9 heteroatoms. The molecular weight excluding hydrogens is 390 g/mol. The first-order chi connectivity index (χ1) is 14.2. The van der Waals surface area contributed by atoms with E-state index in [1.54, 1.807) is 22.5 Å². The largest absolute Gasteiger partial charge is 0.378 e. The van der Waals surface area contributed by atoms with Gasteiger partial charge in [-0.25, -0.2) is 9.67 Å². The van der Waals surface area contributed by atoms with Crippen molar-refractivity contribution >= 4 is 22.9 Å². The molecule has 3 aliphatic rings. The maximum atomic E-state index is 13.1. The summed E-state index contributed by atoms with van der Waals surface area (Å²) >= 11 is 1.44. The second kappa shape index (κ2) is 7.87. The number of anilines is 1. The average Bonchev–Trinajstić information content (AvgIpc) is 3.50. The number of carbonyl (C=O) groups excluding carboxylic acids is 1. The summed E-state index contributed by atoms with van der Waals surface area (Å²) in [7, 11) is 0. The molecule has 1 saturated carbocycles. The maximum absolute atomic E-state index is 13.1. The molecule has 1 amide bonds. The van der Waals surface area contributed by atoms with Gasteiger partial charge in [-0.15, -0.1) is 11.3 Å². The van der Waals surface area contributed by atoms with Crippen LogP contribution < -0.4 is 10.5 Å². The van der Waals surface area contributed by atoms with Gasteiger partial charge in [-0.1, -0.05) is 0 Å². The van der Waals surface area contributed by atoms with Gasteiger partial charge in [0.15, 0.2) is 0 Å².